The monoisotopic (exact) mass is 483 g/mol. The number of hydrogen-bond donors (Lipinski definition) is 3. The standard InChI is InChI=1S/C23H29N7O5/c1-23(2,3)35-22(33)29(4)18-11-17(26-15-7-6-10-24-21(15)34-5)28-19-13(12-25-30(18)19)20(32)27-14-8-9-16(14)31/h6-7,10-12,14,16,31H,8-9H2,1-5H3,(H,26,28)(H,27,32)/t14-,16-/m1/s1. The van der Waals surface area contributed by atoms with Gasteiger partial charge in [-0.3, -0.25) is 9.69 Å². The molecule has 1 saturated carbocycles. The molecule has 12 heteroatoms. The smallest absolute Gasteiger partial charge is 0.415 e. The number of nitrogens with zero attached hydrogens (tertiary/aromatic N) is 5. The third-order valence-electron chi connectivity index (χ3n) is 5.49. The zero-order valence-corrected chi connectivity index (χ0v) is 20.3. The van der Waals surface area contributed by atoms with Crippen molar-refractivity contribution >= 4 is 35.0 Å². The van der Waals surface area contributed by atoms with Crippen LogP contribution in [-0.4, -0.2) is 68.6 Å². The molecule has 0 aliphatic heterocycles. The van der Waals surface area contributed by atoms with Crippen LogP contribution in [0, 0.1) is 0 Å². The van der Waals surface area contributed by atoms with Crippen molar-refractivity contribution < 1.29 is 24.2 Å². The number of anilines is 3. The van der Waals surface area contributed by atoms with Crippen LogP contribution in [0.3, 0.4) is 0 Å². The van der Waals surface area contributed by atoms with Gasteiger partial charge in [0.25, 0.3) is 5.91 Å². The van der Waals surface area contributed by atoms with E-state index in [1.54, 1.807) is 52.2 Å². The van der Waals surface area contributed by atoms with E-state index in [1.165, 1.54) is 22.7 Å². The number of ether oxygens (including phenoxy) is 2. The van der Waals surface area contributed by atoms with Crippen molar-refractivity contribution in [3.63, 3.8) is 0 Å². The second kappa shape index (κ2) is 9.37. The molecule has 2 atom stereocenters. The third kappa shape index (κ3) is 5.11. The molecule has 0 unspecified atom stereocenters. The van der Waals surface area contributed by atoms with Gasteiger partial charge in [-0.1, -0.05) is 0 Å². The third-order valence-corrected chi connectivity index (χ3v) is 5.49. The number of hydrogen-bond acceptors (Lipinski definition) is 9. The number of methoxy groups -OCH3 is 1. The Balaban J connectivity index is 1.76. The number of aliphatic hydroxyl groups excluding tert-OH is 1. The molecule has 35 heavy (non-hydrogen) atoms. The minimum Gasteiger partial charge on any atom is -0.480 e. The number of amides is 2. The largest absolute Gasteiger partial charge is 0.480 e. The predicted molar refractivity (Wildman–Crippen MR) is 128 cm³/mol. The molecule has 0 spiro atoms. The molecule has 1 fully saturated rings. The average Bonchev–Trinajstić information content (AvgIpc) is 3.23. The molecular weight excluding hydrogens is 454 g/mol. The Morgan fingerprint density at radius 1 is 1.29 bits per heavy atom. The highest BCUT2D eigenvalue weighted by Gasteiger charge is 2.32. The van der Waals surface area contributed by atoms with Gasteiger partial charge in [-0.15, -0.1) is 0 Å². The maximum Gasteiger partial charge on any atom is 0.415 e. The lowest BCUT2D eigenvalue weighted by atomic mass is 9.89. The Labute approximate surface area is 202 Å². The maximum absolute atomic E-state index is 13.0. The molecule has 3 N–H and O–H groups in total. The summed E-state index contributed by atoms with van der Waals surface area (Å²) >= 11 is 0. The van der Waals surface area contributed by atoms with Gasteiger partial charge in [0.2, 0.25) is 5.88 Å². The van der Waals surface area contributed by atoms with Crippen LogP contribution in [0.5, 0.6) is 5.88 Å². The first-order valence-corrected chi connectivity index (χ1v) is 11.2. The molecule has 3 heterocycles. The number of aliphatic hydroxyl groups is 1. The highest BCUT2D eigenvalue weighted by Crippen LogP contribution is 2.28. The van der Waals surface area contributed by atoms with Gasteiger partial charge in [-0.05, 0) is 45.7 Å². The van der Waals surface area contributed by atoms with Crippen LogP contribution in [0.2, 0.25) is 0 Å². The van der Waals surface area contributed by atoms with E-state index in [-0.39, 0.29) is 17.3 Å². The molecule has 186 valence electrons. The van der Waals surface area contributed by atoms with Crippen molar-refractivity contribution in [2.75, 3.05) is 24.4 Å². The van der Waals surface area contributed by atoms with E-state index in [0.717, 1.165) is 0 Å². The first-order valence-electron chi connectivity index (χ1n) is 11.2. The second-order valence-electron chi connectivity index (χ2n) is 9.24. The summed E-state index contributed by atoms with van der Waals surface area (Å²) in [7, 11) is 3.05. The van der Waals surface area contributed by atoms with Crippen molar-refractivity contribution in [2.24, 2.45) is 0 Å². The Morgan fingerprint density at radius 2 is 2.06 bits per heavy atom. The molecule has 2 amide bonds. The van der Waals surface area contributed by atoms with E-state index in [2.05, 4.69) is 25.7 Å². The average molecular weight is 484 g/mol. The summed E-state index contributed by atoms with van der Waals surface area (Å²) in [6, 6.07) is 4.78. The van der Waals surface area contributed by atoms with Gasteiger partial charge >= 0.3 is 6.09 Å². The van der Waals surface area contributed by atoms with E-state index < -0.39 is 23.7 Å². The number of carbonyl (C=O) groups excluding carboxylic acids is 2. The molecule has 0 saturated heterocycles. The van der Waals surface area contributed by atoms with Gasteiger partial charge in [0, 0.05) is 19.3 Å². The molecule has 0 radical (unpaired) electrons. The highest BCUT2D eigenvalue weighted by atomic mass is 16.6. The highest BCUT2D eigenvalue weighted by molar-refractivity contribution is 6.00. The van der Waals surface area contributed by atoms with Crippen LogP contribution in [0.15, 0.2) is 30.6 Å². The van der Waals surface area contributed by atoms with E-state index in [9.17, 15) is 14.7 Å². The molecule has 1 aliphatic rings. The fraction of sp³-hybridized carbons (Fsp3) is 0.435. The van der Waals surface area contributed by atoms with Gasteiger partial charge in [-0.2, -0.15) is 9.61 Å². The Kier molecular flexibility index (Phi) is 6.48. The first kappa shape index (κ1) is 24.2. The summed E-state index contributed by atoms with van der Waals surface area (Å²) in [6.07, 6.45) is 3.14. The molecule has 3 aromatic heterocycles. The minimum atomic E-state index is -0.708. The van der Waals surface area contributed by atoms with Crippen LogP contribution in [0.25, 0.3) is 5.65 Å². The minimum absolute atomic E-state index is 0.199. The fourth-order valence-electron chi connectivity index (χ4n) is 3.52. The fourth-order valence-corrected chi connectivity index (χ4v) is 3.52. The SMILES string of the molecule is COc1ncccc1Nc1cc(N(C)C(=O)OC(C)(C)C)n2ncc(C(=O)N[C@@H]3CC[C@H]3O)c2n1. The Bertz CT molecular complexity index is 1250. The second-order valence-corrected chi connectivity index (χ2v) is 9.24. The van der Waals surface area contributed by atoms with Crippen molar-refractivity contribution in [2.45, 2.75) is 51.4 Å². The molecule has 0 bridgehead atoms. The number of nitrogens with one attached hydrogen (secondary N) is 2. The summed E-state index contributed by atoms with van der Waals surface area (Å²) < 4.78 is 12.2. The molecule has 1 aliphatic carbocycles. The molecule has 0 aromatic carbocycles. The first-order chi connectivity index (χ1) is 16.6. The Hall–Kier alpha value is -3.93. The molecule has 4 rings (SSSR count). The van der Waals surface area contributed by atoms with Crippen LogP contribution in [-0.2, 0) is 4.74 Å². The van der Waals surface area contributed by atoms with Crippen molar-refractivity contribution in [1.29, 1.82) is 0 Å². The van der Waals surface area contributed by atoms with Crippen LogP contribution in [0.1, 0.15) is 44.0 Å². The summed E-state index contributed by atoms with van der Waals surface area (Å²) in [6.45, 7) is 5.31. The van der Waals surface area contributed by atoms with Gasteiger partial charge in [0.1, 0.15) is 28.5 Å². The Morgan fingerprint density at radius 3 is 2.69 bits per heavy atom. The number of fused-ring (bicyclic) bond motifs is 1. The summed E-state index contributed by atoms with van der Waals surface area (Å²) in [5, 5.41) is 20.1. The summed E-state index contributed by atoms with van der Waals surface area (Å²) in [5.74, 6) is 0.574. The van der Waals surface area contributed by atoms with E-state index in [0.29, 0.717) is 36.0 Å². The number of carbonyl (C=O) groups is 2. The quantitative estimate of drug-likeness (QED) is 0.482. The van der Waals surface area contributed by atoms with Gasteiger partial charge < -0.3 is 25.2 Å². The van der Waals surface area contributed by atoms with E-state index in [4.69, 9.17) is 9.47 Å². The summed E-state index contributed by atoms with van der Waals surface area (Å²) in [5.41, 5.74) is 0.251. The molecule has 3 aromatic rings. The van der Waals surface area contributed by atoms with Gasteiger partial charge in [0.05, 0.1) is 25.5 Å². The lowest BCUT2D eigenvalue weighted by molar-refractivity contribution is 0.0448. The lowest BCUT2D eigenvalue weighted by Crippen LogP contribution is -2.50. The normalized spacial score (nSPS) is 17.4. The van der Waals surface area contributed by atoms with Crippen LogP contribution < -0.4 is 20.3 Å². The van der Waals surface area contributed by atoms with Crippen LogP contribution >= 0.6 is 0 Å². The number of rotatable bonds is 6. The van der Waals surface area contributed by atoms with Crippen molar-refractivity contribution in [3.8, 4) is 5.88 Å². The topological polar surface area (TPSA) is 143 Å². The number of aromatic nitrogens is 4. The van der Waals surface area contributed by atoms with E-state index >= 15 is 0 Å². The van der Waals surface area contributed by atoms with Crippen molar-refractivity contribution in [1.82, 2.24) is 24.9 Å². The van der Waals surface area contributed by atoms with Gasteiger partial charge in [-0.25, -0.2) is 14.8 Å². The maximum atomic E-state index is 13.0. The van der Waals surface area contributed by atoms with Crippen molar-refractivity contribution in [3.05, 3.63) is 36.2 Å². The van der Waals surface area contributed by atoms with Crippen LogP contribution in [0.4, 0.5) is 22.1 Å². The number of pyridine rings is 1. The summed E-state index contributed by atoms with van der Waals surface area (Å²) in [4.78, 5) is 35.8. The lowest BCUT2D eigenvalue weighted by Gasteiger charge is -2.32. The molecule has 12 nitrogen and oxygen atoms in total. The van der Waals surface area contributed by atoms with E-state index in [1.807, 2.05) is 0 Å². The van der Waals surface area contributed by atoms with Gasteiger partial charge in [0.15, 0.2) is 5.65 Å². The zero-order valence-electron chi connectivity index (χ0n) is 20.3. The zero-order chi connectivity index (χ0) is 25.3. The predicted octanol–water partition coefficient (Wildman–Crippen LogP) is 2.50. The molecular formula is C23H29N7O5.